The Kier molecular flexibility index (Phi) is 2.68. The summed E-state index contributed by atoms with van der Waals surface area (Å²) in [5, 5.41) is 3.63. The fourth-order valence-corrected chi connectivity index (χ4v) is 0.566. The smallest absolute Gasteiger partial charge is 0.416 e. The van der Waals surface area contributed by atoms with Gasteiger partial charge in [-0.1, -0.05) is 11.6 Å². The predicted octanol–water partition coefficient (Wildman–Crippen LogP) is 1.58. The molecule has 0 atom stereocenters. The van der Waals surface area contributed by atoms with Gasteiger partial charge in [-0.25, -0.2) is 4.79 Å². The number of rotatable bonds is 1. The lowest BCUT2D eigenvalue weighted by atomic mass is 10.8. The van der Waals surface area contributed by atoms with Gasteiger partial charge in [0.25, 0.3) is 0 Å². The molecule has 1 heterocycles. The average molecular weight is 173 g/mol. The first-order valence-electron chi connectivity index (χ1n) is 2.80. The predicted molar refractivity (Wildman–Crippen MR) is 39.1 cm³/mol. The van der Waals surface area contributed by atoms with Crippen LogP contribution in [0.5, 0.6) is 0 Å². The number of ether oxygens (including phenoxy) is 1. The zero-order chi connectivity index (χ0) is 8.10. The van der Waals surface area contributed by atoms with Gasteiger partial charge in [-0.2, -0.15) is 9.78 Å². The topological polar surface area (TPSA) is 44.1 Å². The third kappa shape index (κ3) is 2.09. The van der Waals surface area contributed by atoms with E-state index in [1.807, 2.05) is 0 Å². The minimum absolute atomic E-state index is 0.591. The van der Waals surface area contributed by atoms with Crippen LogP contribution in [-0.2, 0) is 4.74 Å². The van der Waals surface area contributed by atoms with Gasteiger partial charge < -0.3 is 4.74 Å². The van der Waals surface area contributed by atoms with Crippen LogP contribution in [0.4, 0.5) is 4.79 Å². The molecule has 1 aromatic heterocycles. The molecule has 0 N–H and O–H groups in total. The number of halogens is 1. The first-order valence-corrected chi connectivity index (χ1v) is 3.24. The SMILES string of the molecule is O=C(OC=CCl)n1cccn1. The van der Waals surface area contributed by atoms with Crippen LogP contribution in [0.25, 0.3) is 0 Å². The maximum Gasteiger partial charge on any atom is 0.439 e. The largest absolute Gasteiger partial charge is 0.439 e. The third-order valence-corrected chi connectivity index (χ3v) is 1.01. The van der Waals surface area contributed by atoms with Gasteiger partial charge in [0.2, 0.25) is 0 Å². The van der Waals surface area contributed by atoms with Crippen molar-refractivity contribution in [3.05, 3.63) is 30.3 Å². The summed E-state index contributed by atoms with van der Waals surface area (Å²) in [5.41, 5.74) is 1.10. The highest BCUT2D eigenvalue weighted by molar-refractivity contribution is 6.25. The fourth-order valence-electron chi connectivity index (χ4n) is 0.515. The van der Waals surface area contributed by atoms with Crippen LogP contribution in [0.2, 0.25) is 0 Å². The van der Waals surface area contributed by atoms with Gasteiger partial charge in [0.15, 0.2) is 0 Å². The van der Waals surface area contributed by atoms with Gasteiger partial charge in [0.05, 0.1) is 0 Å². The second kappa shape index (κ2) is 3.78. The van der Waals surface area contributed by atoms with Crippen LogP contribution in [-0.4, -0.2) is 15.9 Å². The van der Waals surface area contributed by atoms with Gasteiger partial charge in [-0.3, -0.25) is 0 Å². The summed E-state index contributed by atoms with van der Waals surface area (Å²) in [6.45, 7) is 0. The average Bonchev–Trinajstić information content (AvgIpc) is 2.52. The third-order valence-electron chi connectivity index (χ3n) is 0.912. The maximum atomic E-state index is 10.8. The molecule has 0 aliphatic carbocycles. The number of hydrogen-bond donors (Lipinski definition) is 0. The zero-order valence-electron chi connectivity index (χ0n) is 5.48. The molecule has 0 fully saturated rings. The van der Waals surface area contributed by atoms with Gasteiger partial charge in [-0.05, 0) is 6.07 Å². The number of aromatic nitrogens is 2. The summed E-state index contributed by atoms with van der Waals surface area (Å²) < 4.78 is 5.54. The second-order valence-corrected chi connectivity index (χ2v) is 1.85. The van der Waals surface area contributed by atoms with Crippen molar-refractivity contribution in [2.24, 2.45) is 0 Å². The Morgan fingerprint density at radius 1 is 1.73 bits per heavy atom. The second-order valence-electron chi connectivity index (χ2n) is 1.60. The van der Waals surface area contributed by atoms with E-state index in [-0.39, 0.29) is 0 Å². The highest BCUT2D eigenvalue weighted by Crippen LogP contribution is 1.89. The van der Waals surface area contributed by atoms with Crippen molar-refractivity contribution < 1.29 is 9.53 Å². The standard InChI is InChI=1S/C6H5ClN2O2/c7-2-5-11-6(10)9-4-1-3-8-9/h1-5H. The van der Waals surface area contributed by atoms with Gasteiger partial charge in [0, 0.05) is 17.9 Å². The molecule has 1 aromatic rings. The molecule has 0 saturated heterocycles. The number of carbonyl (C=O) groups excluding carboxylic acids is 1. The van der Waals surface area contributed by atoms with E-state index in [2.05, 4.69) is 9.84 Å². The Labute approximate surface area is 68.0 Å². The van der Waals surface area contributed by atoms with Crippen LogP contribution in [0.3, 0.4) is 0 Å². The van der Waals surface area contributed by atoms with Crippen LogP contribution in [0, 0.1) is 0 Å². The quantitative estimate of drug-likeness (QED) is 0.604. The Bertz CT molecular complexity index is 256. The lowest BCUT2D eigenvalue weighted by Crippen LogP contribution is -2.10. The summed E-state index contributed by atoms with van der Waals surface area (Å²) >= 11 is 5.12. The van der Waals surface area contributed by atoms with E-state index >= 15 is 0 Å². The molecule has 11 heavy (non-hydrogen) atoms. The normalized spacial score (nSPS) is 10.3. The van der Waals surface area contributed by atoms with E-state index in [1.54, 1.807) is 6.07 Å². The molecule has 58 valence electrons. The van der Waals surface area contributed by atoms with E-state index in [4.69, 9.17) is 11.6 Å². The van der Waals surface area contributed by atoms with Crippen molar-refractivity contribution >= 4 is 17.7 Å². The molecule has 0 aliphatic rings. The van der Waals surface area contributed by atoms with Gasteiger partial charge >= 0.3 is 6.09 Å². The summed E-state index contributed by atoms with van der Waals surface area (Å²) in [7, 11) is 0. The van der Waals surface area contributed by atoms with E-state index in [0.29, 0.717) is 0 Å². The molecule has 0 unspecified atom stereocenters. The lowest BCUT2D eigenvalue weighted by Gasteiger charge is -1.95. The summed E-state index contributed by atoms with van der Waals surface area (Å²) in [4.78, 5) is 10.8. The summed E-state index contributed by atoms with van der Waals surface area (Å²) in [5.74, 6) is 0. The molecular formula is C6H5ClN2O2. The fraction of sp³-hybridized carbons (Fsp3) is 0. The van der Waals surface area contributed by atoms with Crippen molar-refractivity contribution in [3.63, 3.8) is 0 Å². The van der Waals surface area contributed by atoms with Crippen LogP contribution in [0.15, 0.2) is 30.3 Å². The lowest BCUT2D eigenvalue weighted by molar-refractivity contribution is 0.184. The number of carbonyl (C=O) groups is 1. The Morgan fingerprint density at radius 2 is 2.55 bits per heavy atom. The molecule has 0 spiro atoms. The van der Waals surface area contributed by atoms with Crippen molar-refractivity contribution in [2.75, 3.05) is 0 Å². The molecule has 5 heteroatoms. The Balaban J connectivity index is 2.56. The molecule has 0 aromatic carbocycles. The van der Waals surface area contributed by atoms with Gasteiger partial charge in [-0.15, -0.1) is 0 Å². The zero-order valence-corrected chi connectivity index (χ0v) is 6.23. The number of hydrogen-bond acceptors (Lipinski definition) is 3. The molecule has 4 nitrogen and oxygen atoms in total. The van der Waals surface area contributed by atoms with Crippen LogP contribution >= 0.6 is 11.6 Å². The highest BCUT2D eigenvalue weighted by atomic mass is 35.5. The minimum Gasteiger partial charge on any atom is -0.416 e. The molecular weight excluding hydrogens is 168 g/mol. The van der Waals surface area contributed by atoms with Crippen molar-refractivity contribution in [1.29, 1.82) is 0 Å². The monoisotopic (exact) mass is 172 g/mol. The molecule has 0 radical (unpaired) electrons. The minimum atomic E-state index is -0.591. The first kappa shape index (κ1) is 7.81. The van der Waals surface area contributed by atoms with Crippen LogP contribution in [0.1, 0.15) is 0 Å². The van der Waals surface area contributed by atoms with Crippen molar-refractivity contribution in [2.45, 2.75) is 0 Å². The van der Waals surface area contributed by atoms with Crippen LogP contribution < -0.4 is 0 Å². The Hall–Kier alpha value is -1.29. The summed E-state index contributed by atoms with van der Waals surface area (Å²) in [6.07, 6.45) is 3.44. The summed E-state index contributed by atoms with van der Waals surface area (Å²) in [6, 6.07) is 1.62. The molecule has 0 amide bonds. The van der Waals surface area contributed by atoms with Crippen molar-refractivity contribution in [1.82, 2.24) is 9.78 Å². The first-order chi connectivity index (χ1) is 5.34. The maximum absolute atomic E-state index is 10.8. The highest BCUT2D eigenvalue weighted by Gasteiger charge is 2.01. The van der Waals surface area contributed by atoms with Gasteiger partial charge in [0.1, 0.15) is 6.26 Å². The number of nitrogens with zero attached hydrogens (tertiary/aromatic N) is 2. The molecule has 1 rings (SSSR count). The van der Waals surface area contributed by atoms with Crippen molar-refractivity contribution in [3.8, 4) is 0 Å². The van der Waals surface area contributed by atoms with E-state index < -0.39 is 6.09 Å². The molecule has 0 saturated carbocycles. The van der Waals surface area contributed by atoms with E-state index in [0.717, 1.165) is 16.5 Å². The Morgan fingerprint density at radius 3 is 3.09 bits per heavy atom. The van der Waals surface area contributed by atoms with E-state index in [9.17, 15) is 4.79 Å². The molecule has 0 bridgehead atoms. The molecule has 0 aliphatic heterocycles. The van der Waals surface area contributed by atoms with E-state index in [1.165, 1.54) is 12.4 Å².